The third-order valence-corrected chi connectivity index (χ3v) is 5.10. The summed E-state index contributed by atoms with van der Waals surface area (Å²) < 4.78 is 5.31. The van der Waals surface area contributed by atoms with Crippen molar-refractivity contribution >= 4 is 57.4 Å². The Morgan fingerprint density at radius 2 is 1.77 bits per heavy atom. The van der Waals surface area contributed by atoms with Crippen molar-refractivity contribution in [3.05, 3.63) is 79.8 Å². The Bertz CT molecular complexity index is 1270. The predicted octanol–water partition coefficient (Wildman–Crippen LogP) is 3.76. The van der Waals surface area contributed by atoms with Gasteiger partial charge in [-0.15, -0.1) is 0 Å². The van der Waals surface area contributed by atoms with Crippen LogP contribution in [0.2, 0.25) is 10.0 Å². The number of nitro benzene ring substituents is 1. The molecule has 1 aliphatic rings. The molecule has 1 aliphatic heterocycles. The number of ether oxygens (including phenoxy) is 1. The van der Waals surface area contributed by atoms with Crippen molar-refractivity contribution in [2.24, 2.45) is 0 Å². The normalized spacial score (nSPS) is 12.8. The van der Waals surface area contributed by atoms with E-state index in [9.17, 15) is 24.5 Å². The van der Waals surface area contributed by atoms with Crippen LogP contribution in [0.25, 0.3) is 10.8 Å². The van der Waals surface area contributed by atoms with Crippen LogP contribution in [0.15, 0.2) is 48.5 Å². The maximum Gasteiger partial charge on any atom is 0.280 e. The van der Waals surface area contributed by atoms with Gasteiger partial charge in [-0.2, -0.15) is 5.01 Å². The molecule has 0 bridgehead atoms. The lowest BCUT2D eigenvalue weighted by Gasteiger charge is -2.27. The highest BCUT2D eigenvalue weighted by Crippen LogP contribution is 2.34. The van der Waals surface area contributed by atoms with Crippen molar-refractivity contribution < 1.29 is 24.0 Å². The molecule has 31 heavy (non-hydrogen) atoms. The molecule has 0 aromatic heterocycles. The molecule has 11 heteroatoms. The van der Waals surface area contributed by atoms with Gasteiger partial charge >= 0.3 is 0 Å². The number of imide groups is 1. The largest absolute Gasteiger partial charge is 0.482 e. The molecule has 3 aromatic rings. The zero-order valence-electron chi connectivity index (χ0n) is 15.4. The fourth-order valence-electron chi connectivity index (χ4n) is 3.23. The number of hydrogen-bond acceptors (Lipinski definition) is 6. The van der Waals surface area contributed by atoms with Crippen LogP contribution in [0, 0.1) is 10.1 Å². The lowest BCUT2D eigenvalue weighted by molar-refractivity contribution is -0.383. The number of amides is 3. The van der Waals surface area contributed by atoms with Gasteiger partial charge in [0.2, 0.25) is 0 Å². The summed E-state index contributed by atoms with van der Waals surface area (Å²) in [5.74, 6) is -2.23. The molecule has 0 unspecified atom stereocenters. The average molecular weight is 460 g/mol. The number of hydrogen-bond donors (Lipinski definition) is 1. The molecule has 0 spiro atoms. The van der Waals surface area contributed by atoms with Crippen molar-refractivity contribution in [3.8, 4) is 5.75 Å². The highest BCUT2D eigenvalue weighted by atomic mass is 35.5. The van der Waals surface area contributed by atoms with Crippen LogP contribution in [-0.2, 0) is 4.79 Å². The van der Waals surface area contributed by atoms with E-state index < -0.39 is 29.3 Å². The molecular formula is C20H11Cl2N3O6. The number of carbonyl (C=O) groups is 3. The van der Waals surface area contributed by atoms with Crippen molar-refractivity contribution in [1.29, 1.82) is 0 Å². The summed E-state index contributed by atoms with van der Waals surface area (Å²) in [5.41, 5.74) is 2.09. The van der Waals surface area contributed by atoms with E-state index in [0.717, 1.165) is 0 Å². The van der Waals surface area contributed by atoms with E-state index in [4.69, 9.17) is 27.9 Å². The quantitative estimate of drug-likeness (QED) is 0.352. The van der Waals surface area contributed by atoms with E-state index in [0.29, 0.717) is 10.0 Å². The van der Waals surface area contributed by atoms with Crippen molar-refractivity contribution in [2.45, 2.75) is 0 Å². The Labute approximate surface area is 184 Å². The SMILES string of the molecule is O=C(COc1ccc(Cl)cc1Cl)NN1C(=O)c2cccc3c([N+](=O)[O-])ccc(c23)C1=O. The summed E-state index contributed by atoms with van der Waals surface area (Å²) in [6.07, 6.45) is 0. The molecule has 0 fully saturated rings. The van der Waals surface area contributed by atoms with Gasteiger partial charge in [0.05, 0.1) is 26.5 Å². The van der Waals surface area contributed by atoms with Crippen LogP contribution in [0.1, 0.15) is 20.7 Å². The number of carbonyl (C=O) groups excluding carboxylic acids is 3. The van der Waals surface area contributed by atoms with Crippen molar-refractivity contribution in [3.63, 3.8) is 0 Å². The number of benzene rings is 3. The molecule has 3 aromatic carbocycles. The average Bonchev–Trinajstić information content (AvgIpc) is 2.73. The lowest BCUT2D eigenvalue weighted by Crippen LogP contribution is -2.52. The summed E-state index contributed by atoms with van der Waals surface area (Å²) in [7, 11) is 0. The third-order valence-electron chi connectivity index (χ3n) is 4.57. The van der Waals surface area contributed by atoms with Gasteiger partial charge in [0.25, 0.3) is 23.4 Å². The van der Waals surface area contributed by atoms with E-state index in [2.05, 4.69) is 5.43 Å². The van der Waals surface area contributed by atoms with Crippen molar-refractivity contribution in [2.75, 3.05) is 6.61 Å². The first kappa shape index (κ1) is 20.6. The van der Waals surface area contributed by atoms with Gasteiger partial charge in [-0.05, 0) is 36.4 Å². The first-order chi connectivity index (χ1) is 14.8. The molecule has 1 heterocycles. The zero-order valence-corrected chi connectivity index (χ0v) is 16.9. The second kappa shape index (κ2) is 7.86. The van der Waals surface area contributed by atoms with Crippen LogP contribution in [0.4, 0.5) is 5.69 Å². The van der Waals surface area contributed by atoms with E-state index >= 15 is 0 Å². The molecule has 0 aliphatic carbocycles. The van der Waals surface area contributed by atoms with E-state index in [1.807, 2.05) is 0 Å². The van der Waals surface area contributed by atoms with Gasteiger partial charge in [0.1, 0.15) is 5.75 Å². The predicted molar refractivity (Wildman–Crippen MR) is 111 cm³/mol. The number of nitrogens with one attached hydrogen (secondary N) is 1. The first-order valence-corrected chi connectivity index (χ1v) is 9.49. The maximum atomic E-state index is 12.8. The molecule has 4 rings (SSSR count). The highest BCUT2D eigenvalue weighted by Gasteiger charge is 2.35. The summed E-state index contributed by atoms with van der Waals surface area (Å²) in [6.45, 7) is -0.532. The summed E-state index contributed by atoms with van der Waals surface area (Å²) >= 11 is 11.8. The van der Waals surface area contributed by atoms with Crippen LogP contribution in [0.5, 0.6) is 5.75 Å². The topological polar surface area (TPSA) is 119 Å². The number of halogens is 2. The summed E-state index contributed by atoms with van der Waals surface area (Å²) in [5, 5.41) is 12.7. The Morgan fingerprint density at radius 1 is 1.06 bits per heavy atom. The Hall–Kier alpha value is -3.69. The Balaban J connectivity index is 1.58. The van der Waals surface area contributed by atoms with Crippen molar-refractivity contribution in [1.82, 2.24) is 10.4 Å². The van der Waals surface area contributed by atoms with E-state index in [1.54, 1.807) is 0 Å². The Morgan fingerprint density at radius 3 is 2.45 bits per heavy atom. The fraction of sp³-hybridized carbons (Fsp3) is 0.0500. The smallest absolute Gasteiger partial charge is 0.280 e. The lowest BCUT2D eigenvalue weighted by atomic mass is 9.94. The summed E-state index contributed by atoms with van der Waals surface area (Å²) in [4.78, 5) is 48.7. The number of non-ortho nitro benzene ring substituents is 1. The van der Waals surface area contributed by atoms with Gasteiger partial charge in [0.15, 0.2) is 6.61 Å². The maximum absolute atomic E-state index is 12.8. The second-order valence-electron chi connectivity index (χ2n) is 6.46. The summed E-state index contributed by atoms with van der Waals surface area (Å²) in [6, 6.07) is 11.2. The molecule has 9 nitrogen and oxygen atoms in total. The minimum atomic E-state index is -0.818. The minimum absolute atomic E-state index is 0.0535. The van der Waals surface area contributed by atoms with Gasteiger partial charge in [-0.25, -0.2) is 0 Å². The fourth-order valence-corrected chi connectivity index (χ4v) is 3.70. The Kier molecular flexibility index (Phi) is 5.22. The number of nitrogens with zero attached hydrogens (tertiary/aromatic N) is 2. The molecule has 0 radical (unpaired) electrons. The van der Waals surface area contributed by atoms with Crippen LogP contribution >= 0.6 is 23.2 Å². The minimum Gasteiger partial charge on any atom is -0.482 e. The van der Waals surface area contributed by atoms with Gasteiger partial charge in [0, 0.05) is 16.5 Å². The first-order valence-electron chi connectivity index (χ1n) is 8.74. The van der Waals surface area contributed by atoms with Gasteiger partial charge in [-0.3, -0.25) is 29.9 Å². The van der Waals surface area contributed by atoms with Gasteiger partial charge in [-0.1, -0.05) is 29.3 Å². The molecular weight excluding hydrogens is 449 g/mol. The number of rotatable bonds is 5. The standard InChI is InChI=1S/C20H11Cl2N3O6/c21-10-4-7-16(14(22)8-10)31-9-17(26)23-24-19(27)12-3-1-2-11-15(25(29)30)6-5-13(18(11)12)20(24)28/h1-8H,9H2,(H,23,26). The van der Waals surface area contributed by atoms with Crippen LogP contribution in [0.3, 0.4) is 0 Å². The number of hydrazine groups is 1. The highest BCUT2D eigenvalue weighted by molar-refractivity contribution is 6.35. The second-order valence-corrected chi connectivity index (χ2v) is 7.31. The molecule has 0 atom stereocenters. The molecule has 156 valence electrons. The van der Waals surface area contributed by atoms with Crippen LogP contribution < -0.4 is 10.2 Å². The van der Waals surface area contributed by atoms with E-state index in [1.165, 1.54) is 48.5 Å². The third kappa shape index (κ3) is 3.65. The monoisotopic (exact) mass is 459 g/mol. The van der Waals surface area contributed by atoms with Gasteiger partial charge < -0.3 is 4.74 Å². The van der Waals surface area contributed by atoms with E-state index in [-0.39, 0.29) is 38.4 Å². The molecule has 0 saturated heterocycles. The molecule has 0 saturated carbocycles. The number of nitro groups is 1. The molecule has 3 amide bonds. The molecule has 1 N–H and O–H groups in total. The zero-order chi connectivity index (χ0) is 22.3. The van der Waals surface area contributed by atoms with Crippen LogP contribution in [-0.4, -0.2) is 34.3 Å².